The molecule has 0 amide bonds. The number of nitrogens with one attached hydrogen (secondary N) is 2. The molecule has 4 rings (SSSR count). The Morgan fingerprint density at radius 3 is 2.78 bits per heavy atom. The Bertz CT molecular complexity index is 1030. The van der Waals surface area contributed by atoms with Crippen LogP contribution in [-0.4, -0.2) is 15.2 Å². The minimum atomic E-state index is -0.302. The molecule has 0 unspecified atom stereocenters. The van der Waals surface area contributed by atoms with Crippen LogP contribution in [0.4, 0.5) is 4.39 Å². The number of aromatic amines is 2. The number of hydrogen-bond donors (Lipinski definition) is 2. The van der Waals surface area contributed by atoms with Gasteiger partial charge in [0.2, 0.25) is 5.56 Å². The molecule has 0 fully saturated rings. The number of hydrogen-bond acceptors (Lipinski definition) is 3. The largest absolute Gasteiger partial charge is 0.463 e. The van der Waals surface area contributed by atoms with Gasteiger partial charge in [0.1, 0.15) is 11.5 Å². The van der Waals surface area contributed by atoms with Crippen molar-refractivity contribution in [2.24, 2.45) is 0 Å². The maximum absolute atomic E-state index is 13.9. The second-order valence-corrected chi connectivity index (χ2v) is 5.23. The summed E-state index contributed by atoms with van der Waals surface area (Å²) in [5.74, 6) is 0.304. The summed E-state index contributed by atoms with van der Waals surface area (Å²) in [6.07, 6.45) is 1.85. The van der Waals surface area contributed by atoms with Gasteiger partial charge in [-0.3, -0.25) is 9.89 Å². The molecule has 0 aliphatic carbocycles. The molecule has 3 heterocycles. The summed E-state index contributed by atoms with van der Waals surface area (Å²) in [5, 5.41) is 7.73. The van der Waals surface area contributed by atoms with Gasteiger partial charge >= 0.3 is 0 Å². The van der Waals surface area contributed by atoms with E-state index in [2.05, 4.69) is 15.2 Å². The number of furan rings is 1. The van der Waals surface area contributed by atoms with Crippen LogP contribution in [0.5, 0.6) is 0 Å². The van der Waals surface area contributed by atoms with Crippen LogP contribution in [0.25, 0.3) is 22.5 Å². The Kier molecular flexibility index (Phi) is 3.08. The predicted molar refractivity (Wildman–Crippen MR) is 83.6 cm³/mol. The third-order valence-corrected chi connectivity index (χ3v) is 3.74. The zero-order chi connectivity index (χ0) is 15.8. The molecule has 23 heavy (non-hydrogen) atoms. The highest BCUT2D eigenvalue weighted by molar-refractivity contribution is 5.92. The van der Waals surface area contributed by atoms with Crippen molar-refractivity contribution in [1.29, 1.82) is 0 Å². The van der Waals surface area contributed by atoms with Crippen molar-refractivity contribution in [1.82, 2.24) is 15.2 Å². The smallest absolute Gasteiger partial charge is 0.249 e. The second kappa shape index (κ2) is 5.24. The van der Waals surface area contributed by atoms with E-state index < -0.39 is 0 Å². The first-order valence-corrected chi connectivity index (χ1v) is 7.10. The lowest BCUT2D eigenvalue weighted by Gasteiger charge is -2.05. The van der Waals surface area contributed by atoms with Crippen molar-refractivity contribution in [3.05, 3.63) is 76.0 Å². The van der Waals surface area contributed by atoms with Crippen LogP contribution in [0.3, 0.4) is 0 Å². The van der Waals surface area contributed by atoms with Gasteiger partial charge in [-0.2, -0.15) is 5.10 Å². The molecule has 6 heteroatoms. The Morgan fingerprint density at radius 1 is 1.13 bits per heavy atom. The second-order valence-electron chi connectivity index (χ2n) is 5.23. The number of rotatable bonds is 3. The lowest BCUT2D eigenvalue weighted by molar-refractivity contribution is 0.580. The number of benzene rings is 1. The highest BCUT2D eigenvalue weighted by atomic mass is 19.1. The van der Waals surface area contributed by atoms with Crippen LogP contribution < -0.4 is 5.56 Å². The maximum Gasteiger partial charge on any atom is 0.249 e. The molecule has 114 valence electrons. The van der Waals surface area contributed by atoms with E-state index in [0.29, 0.717) is 34.6 Å². The van der Waals surface area contributed by atoms with Crippen LogP contribution >= 0.6 is 0 Å². The fraction of sp³-hybridized carbons (Fsp3) is 0.0588. The van der Waals surface area contributed by atoms with E-state index in [1.54, 1.807) is 36.6 Å². The van der Waals surface area contributed by atoms with E-state index in [1.807, 2.05) is 0 Å². The Labute approximate surface area is 129 Å². The molecule has 0 bridgehead atoms. The lowest BCUT2D eigenvalue weighted by atomic mass is 10.0. The average molecular weight is 309 g/mol. The van der Waals surface area contributed by atoms with Crippen LogP contribution in [0.2, 0.25) is 0 Å². The van der Waals surface area contributed by atoms with Gasteiger partial charge in [0.25, 0.3) is 0 Å². The number of nitrogens with zero attached hydrogens (tertiary/aromatic N) is 1. The van der Waals surface area contributed by atoms with Gasteiger partial charge in [0.15, 0.2) is 11.4 Å². The minimum Gasteiger partial charge on any atom is -0.463 e. The monoisotopic (exact) mass is 309 g/mol. The van der Waals surface area contributed by atoms with Crippen LogP contribution in [-0.2, 0) is 6.42 Å². The maximum atomic E-state index is 13.9. The Balaban J connectivity index is 1.93. The number of pyridine rings is 1. The molecule has 0 aliphatic rings. The van der Waals surface area contributed by atoms with Crippen molar-refractivity contribution in [2.75, 3.05) is 0 Å². The topological polar surface area (TPSA) is 74.7 Å². The molecule has 0 aliphatic heterocycles. The summed E-state index contributed by atoms with van der Waals surface area (Å²) in [6.45, 7) is 0. The fourth-order valence-electron chi connectivity index (χ4n) is 2.71. The third kappa shape index (κ3) is 2.34. The zero-order valence-corrected chi connectivity index (χ0v) is 12.0. The molecular formula is C17H12FN3O2. The highest BCUT2D eigenvalue weighted by Crippen LogP contribution is 2.29. The van der Waals surface area contributed by atoms with Gasteiger partial charge < -0.3 is 9.40 Å². The minimum absolute atomic E-state index is 0.277. The molecule has 0 atom stereocenters. The molecule has 0 saturated carbocycles. The van der Waals surface area contributed by atoms with Crippen molar-refractivity contribution in [3.63, 3.8) is 0 Å². The van der Waals surface area contributed by atoms with E-state index >= 15 is 0 Å². The van der Waals surface area contributed by atoms with Gasteiger partial charge in [-0.1, -0.05) is 18.2 Å². The number of H-pyrrole nitrogens is 2. The van der Waals surface area contributed by atoms with Crippen molar-refractivity contribution in [3.8, 4) is 11.5 Å². The number of aromatic nitrogens is 3. The summed E-state index contributed by atoms with van der Waals surface area (Å²) in [7, 11) is 0. The molecule has 0 radical (unpaired) electrons. The average Bonchev–Trinajstić information content (AvgIpc) is 3.18. The molecule has 4 aromatic rings. The SMILES string of the molecule is O=c1cc(Cc2ccccc2F)c2c(-c3ccco3)[nH]nc2[nH]1. The van der Waals surface area contributed by atoms with Crippen molar-refractivity contribution < 1.29 is 8.81 Å². The van der Waals surface area contributed by atoms with E-state index in [-0.39, 0.29) is 11.4 Å². The standard InChI is InChI=1S/C17H12FN3O2/c18-12-5-2-1-4-10(12)8-11-9-14(22)19-17-15(11)16(20-21-17)13-6-3-7-23-13/h1-7,9H,8H2,(H2,19,20,21,22). The number of fused-ring (bicyclic) bond motifs is 1. The normalized spacial score (nSPS) is 11.2. The Hall–Kier alpha value is -3.15. The zero-order valence-electron chi connectivity index (χ0n) is 12.0. The van der Waals surface area contributed by atoms with E-state index in [9.17, 15) is 9.18 Å². The first-order valence-electron chi connectivity index (χ1n) is 7.10. The molecule has 0 saturated heterocycles. The van der Waals surface area contributed by atoms with E-state index in [1.165, 1.54) is 12.1 Å². The van der Waals surface area contributed by atoms with E-state index in [0.717, 1.165) is 5.39 Å². The van der Waals surface area contributed by atoms with Gasteiger partial charge in [0, 0.05) is 12.5 Å². The van der Waals surface area contributed by atoms with Gasteiger partial charge in [-0.15, -0.1) is 0 Å². The first-order chi connectivity index (χ1) is 11.2. The van der Waals surface area contributed by atoms with Crippen LogP contribution in [0.15, 0.2) is 57.9 Å². The molecule has 2 N–H and O–H groups in total. The number of halogens is 1. The fourth-order valence-corrected chi connectivity index (χ4v) is 2.71. The summed E-state index contributed by atoms with van der Waals surface area (Å²) in [6, 6.07) is 11.5. The lowest BCUT2D eigenvalue weighted by Crippen LogP contribution is -2.07. The van der Waals surface area contributed by atoms with Gasteiger partial charge in [0.05, 0.1) is 11.6 Å². The quantitative estimate of drug-likeness (QED) is 0.610. The van der Waals surface area contributed by atoms with Crippen molar-refractivity contribution >= 4 is 11.0 Å². The highest BCUT2D eigenvalue weighted by Gasteiger charge is 2.16. The molecule has 0 spiro atoms. The molecule has 1 aromatic carbocycles. The van der Waals surface area contributed by atoms with E-state index in [4.69, 9.17) is 4.42 Å². The Morgan fingerprint density at radius 2 is 2.00 bits per heavy atom. The summed E-state index contributed by atoms with van der Waals surface area (Å²) < 4.78 is 19.4. The molecule has 3 aromatic heterocycles. The summed E-state index contributed by atoms with van der Waals surface area (Å²) in [5.41, 5.74) is 2.02. The van der Waals surface area contributed by atoms with Crippen LogP contribution in [0, 0.1) is 5.82 Å². The molecule has 5 nitrogen and oxygen atoms in total. The first kappa shape index (κ1) is 13.5. The third-order valence-electron chi connectivity index (χ3n) is 3.74. The summed E-state index contributed by atoms with van der Waals surface area (Å²) >= 11 is 0. The van der Waals surface area contributed by atoms with Crippen LogP contribution in [0.1, 0.15) is 11.1 Å². The van der Waals surface area contributed by atoms with Gasteiger partial charge in [-0.05, 0) is 29.3 Å². The summed E-state index contributed by atoms with van der Waals surface area (Å²) in [4.78, 5) is 14.5. The van der Waals surface area contributed by atoms with Crippen molar-refractivity contribution in [2.45, 2.75) is 6.42 Å². The molecular weight excluding hydrogens is 297 g/mol. The van der Waals surface area contributed by atoms with Gasteiger partial charge in [-0.25, -0.2) is 4.39 Å². The predicted octanol–water partition coefficient (Wildman–Crippen LogP) is 3.24.